The maximum absolute atomic E-state index is 14.4. The van der Waals surface area contributed by atoms with Crippen LogP contribution in [0.25, 0.3) is 22.0 Å². The van der Waals surface area contributed by atoms with Gasteiger partial charge >= 0.3 is 6.09 Å². The highest BCUT2D eigenvalue weighted by Gasteiger charge is 2.28. The topological polar surface area (TPSA) is 43.7 Å². The number of allylic oxidation sites excluding steroid dienone is 1. The lowest BCUT2D eigenvalue weighted by Gasteiger charge is -2.37. The Morgan fingerprint density at radius 1 is 0.977 bits per heavy atom. The first kappa shape index (κ1) is 31.7. The van der Waals surface area contributed by atoms with Crippen molar-refractivity contribution in [2.45, 2.75) is 39.7 Å². The second kappa shape index (κ2) is 13.1. The van der Waals surface area contributed by atoms with Crippen molar-refractivity contribution in [2.75, 3.05) is 32.9 Å². The number of nitrogens with zero attached hydrogens (tertiary/aromatic N) is 2. The average Bonchev–Trinajstić information content (AvgIpc) is 3.31. The van der Waals surface area contributed by atoms with Gasteiger partial charge in [0.25, 0.3) is 0 Å². The predicted molar refractivity (Wildman–Crippen MR) is 169 cm³/mol. The van der Waals surface area contributed by atoms with E-state index in [2.05, 4.69) is 4.90 Å². The molecule has 44 heavy (non-hydrogen) atoms. The van der Waals surface area contributed by atoms with Gasteiger partial charge in [-0.25, -0.2) is 18.1 Å². The largest absolute Gasteiger partial charge is 0.492 e. The summed E-state index contributed by atoms with van der Waals surface area (Å²) in [5, 5.41) is 0.747. The van der Waals surface area contributed by atoms with Crippen molar-refractivity contribution in [1.29, 1.82) is 0 Å². The van der Waals surface area contributed by atoms with Crippen LogP contribution in [-0.2, 0) is 4.74 Å². The molecule has 0 N–H and O–H groups in total. The quantitative estimate of drug-likeness (QED) is 0.174. The summed E-state index contributed by atoms with van der Waals surface area (Å²) in [6, 6.07) is 17.7. The Morgan fingerprint density at radius 2 is 1.66 bits per heavy atom. The molecule has 3 aromatic carbocycles. The minimum absolute atomic E-state index is 0.120. The van der Waals surface area contributed by atoms with Crippen LogP contribution in [0.3, 0.4) is 0 Å². The molecule has 0 bridgehead atoms. The van der Waals surface area contributed by atoms with Crippen molar-refractivity contribution in [2.24, 2.45) is 5.92 Å². The number of alkyl halides is 1. The van der Waals surface area contributed by atoms with Gasteiger partial charge in [-0.2, -0.15) is 0 Å². The average molecular weight is 625 g/mol. The van der Waals surface area contributed by atoms with Crippen molar-refractivity contribution in [1.82, 2.24) is 9.47 Å². The second-order valence-electron chi connectivity index (χ2n) is 12.0. The van der Waals surface area contributed by atoms with Gasteiger partial charge in [-0.15, -0.1) is 0 Å². The molecule has 5 rings (SSSR count). The van der Waals surface area contributed by atoms with E-state index in [1.807, 2.05) is 31.2 Å². The lowest BCUT2D eigenvalue weighted by molar-refractivity contribution is 0.0543. The molecular weight excluding hydrogens is 589 g/mol. The van der Waals surface area contributed by atoms with Gasteiger partial charge in [-0.1, -0.05) is 36.7 Å². The Labute approximate surface area is 260 Å². The predicted octanol–water partition coefficient (Wildman–Crippen LogP) is 9.01. The summed E-state index contributed by atoms with van der Waals surface area (Å²) in [6.07, 6.45) is -0.132. The molecule has 1 aliphatic heterocycles. The monoisotopic (exact) mass is 624 g/mol. The third-order valence-corrected chi connectivity index (χ3v) is 7.89. The molecule has 0 unspecified atom stereocenters. The number of rotatable bonds is 9. The molecule has 0 aliphatic carbocycles. The van der Waals surface area contributed by atoms with Crippen molar-refractivity contribution >= 4 is 39.7 Å². The van der Waals surface area contributed by atoms with Gasteiger partial charge in [0.2, 0.25) is 0 Å². The van der Waals surface area contributed by atoms with Crippen LogP contribution >= 0.6 is 11.6 Å². The first-order valence-electron chi connectivity index (χ1n) is 14.7. The zero-order valence-electron chi connectivity index (χ0n) is 25.3. The maximum atomic E-state index is 14.4. The summed E-state index contributed by atoms with van der Waals surface area (Å²) in [5.41, 5.74) is 2.95. The van der Waals surface area contributed by atoms with Crippen LogP contribution in [-0.4, -0.2) is 54.1 Å². The number of carbonyl (C=O) groups is 1. The number of aromatic nitrogens is 1. The molecule has 0 radical (unpaired) electrons. The minimum atomic E-state index is -0.787. The summed E-state index contributed by atoms with van der Waals surface area (Å²) in [6.45, 7) is 9.66. The van der Waals surface area contributed by atoms with E-state index in [9.17, 15) is 18.0 Å². The molecule has 1 saturated heterocycles. The molecule has 1 fully saturated rings. The summed E-state index contributed by atoms with van der Waals surface area (Å²) in [7, 11) is 0. The highest BCUT2D eigenvalue weighted by molar-refractivity contribution is 6.32. The van der Waals surface area contributed by atoms with Crippen LogP contribution in [0.1, 0.15) is 50.9 Å². The Balaban J connectivity index is 1.62. The van der Waals surface area contributed by atoms with E-state index >= 15 is 0 Å². The van der Waals surface area contributed by atoms with E-state index in [-0.39, 0.29) is 17.6 Å². The van der Waals surface area contributed by atoms with Gasteiger partial charge in [-0.3, -0.25) is 9.29 Å². The van der Waals surface area contributed by atoms with Crippen LogP contribution in [0.15, 0.2) is 66.7 Å². The molecule has 0 atom stereocenters. The lowest BCUT2D eigenvalue weighted by atomic mass is 9.90. The van der Waals surface area contributed by atoms with Gasteiger partial charge in [-0.05, 0) is 92.4 Å². The number of hydrogen-bond donors (Lipinski definition) is 0. The van der Waals surface area contributed by atoms with E-state index in [4.69, 9.17) is 21.1 Å². The zero-order chi connectivity index (χ0) is 31.6. The summed E-state index contributed by atoms with van der Waals surface area (Å²) in [4.78, 5) is 15.9. The Bertz CT molecular complexity index is 1690. The molecular formula is C35H36ClF3N2O3. The van der Waals surface area contributed by atoms with Crippen LogP contribution < -0.4 is 4.74 Å². The van der Waals surface area contributed by atoms with Gasteiger partial charge in [0.05, 0.1) is 22.9 Å². The number of halogens is 4. The summed E-state index contributed by atoms with van der Waals surface area (Å²) < 4.78 is 54.4. The smallest absolute Gasteiger partial charge is 0.419 e. The minimum Gasteiger partial charge on any atom is -0.492 e. The second-order valence-corrected chi connectivity index (χ2v) is 12.4. The molecule has 0 saturated carbocycles. The van der Waals surface area contributed by atoms with Gasteiger partial charge in [0, 0.05) is 36.5 Å². The highest BCUT2D eigenvalue weighted by Crippen LogP contribution is 2.40. The fourth-order valence-electron chi connectivity index (χ4n) is 5.55. The van der Waals surface area contributed by atoms with Crippen LogP contribution in [0.5, 0.6) is 5.75 Å². The molecule has 232 valence electrons. The number of ether oxygens (including phenoxy) is 2. The SMILES string of the molecule is CC/C(=C(/c1ccc(OCCN2CC(CF)C2)cc1)c1cc2cc(F)ccc2n1C(=O)OC(C)(C)C)c1ccc(F)cc1Cl. The Hall–Kier alpha value is -3.75. The fourth-order valence-corrected chi connectivity index (χ4v) is 5.84. The molecule has 2 heterocycles. The van der Waals surface area contributed by atoms with Gasteiger partial charge < -0.3 is 9.47 Å². The highest BCUT2D eigenvalue weighted by atomic mass is 35.5. The van der Waals surface area contributed by atoms with E-state index in [1.54, 1.807) is 39.0 Å². The number of likely N-dealkylation sites (tertiary alicyclic amines) is 1. The van der Waals surface area contributed by atoms with E-state index in [1.165, 1.54) is 28.8 Å². The van der Waals surface area contributed by atoms with Crippen LogP contribution in [0, 0.1) is 17.6 Å². The molecule has 1 aliphatic rings. The lowest BCUT2D eigenvalue weighted by Crippen LogP contribution is -2.49. The number of benzene rings is 3. The standard InChI is InChI=1S/C35H36ClF3N2O3/c1-5-28(29-12-8-26(39)18-30(29)36)33(23-6-10-27(11-7-23)43-15-14-40-20-22(19-37)21-40)32-17-24-16-25(38)9-13-31(24)41(32)34(42)44-35(2,3)4/h6-13,16-18,22H,5,14-15,19-21H2,1-4H3/b33-28+. The van der Waals surface area contributed by atoms with Crippen LogP contribution in [0.2, 0.25) is 5.02 Å². The normalized spacial score (nSPS) is 14.8. The van der Waals surface area contributed by atoms with E-state index in [0.717, 1.165) is 24.2 Å². The van der Waals surface area contributed by atoms with Crippen molar-refractivity contribution in [3.63, 3.8) is 0 Å². The molecule has 5 nitrogen and oxygen atoms in total. The first-order valence-corrected chi connectivity index (χ1v) is 15.1. The molecule has 9 heteroatoms. The van der Waals surface area contributed by atoms with E-state index in [0.29, 0.717) is 53.1 Å². The first-order chi connectivity index (χ1) is 21.0. The van der Waals surface area contributed by atoms with Crippen LogP contribution in [0.4, 0.5) is 18.0 Å². The Morgan fingerprint density at radius 3 is 2.30 bits per heavy atom. The van der Waals surface area contributed by atoms with Crippen molar-refractivity contribution in [3.8, 4) is 5.75 Å². The molecule has 1 aromatic heterocycles. The summed E-state index contributed by atoms with van der Waals surface area (Å²) >= 11 is 6.59. The fraction of sp³-hybridized carbons (Fsp3) is 0.343. The van der Waals surface area contributed by atoms with Gasteiger partial charge in [0.15, 0.2) is 0 Å². The molecule has 4 aromatic rings. The molecule has 0 spiro atoms. The Kier molecular flexibility index (Phi) is 9.42. The third-order valence-electron chi connectivity index (χ3n) is 7.58. The van der Waals surface area contributed by atoms with Gasteiger partial charge in [0.1, 0.15) is 29.6 Å². The summed E-state index contributed by atoms with van der Waals surface area (Å²) in [5.74, 6) is -0.125. The van der Waals surface area contributed by atoms with Crippen molar-refractivity contribution < 1.29 is 27.4 Å². The number of hydrogen-bond acceptors (Lipinski definition) is 4. The number of carbonyl (C=O) groups excluding carboxylic acids is 1. The molecule has 0 amide bonds. The maximum Gasteiger partial charge on any atom is 0.419 e. The van der Waals surface area contributed by atoms with Crippen molar-refractivity contribution in [3.05, 3.63) is 100 Å². The number of fused-ring (bicyclic) bond motifs is 1. The zero-order valence-corrected chi connectivity index (χ0v) is 26.1. The van der Waals surface area contributed by atoms with E-state index < -0.39 is 23.3 Å². The third kappa shape index (κ3) is 6.97.